The van der Waals surface area contributed by atoms with Crippen LogP contribution in [0.25, 0.3) is 0 Å². The number of carbonyl (C=O) groups excluding carboxylic acids is 1. The largest absolute Gasteiger partial charge is 0.341 e. The van der Waals surface area contributed by atoms with Crippen molar-refractivity contribution in [1.29, 1.82) is 0 Å². The first kappa shape index (κ1) is 19.1. The highest BCUT2D eigenvalue weighted by Crippen LogP contribution is 2.25. The Labute approximate surface area is 163 Å². The van der Waals surface area contributed by atoms with Gasteiger partial charge in [0.1, 0.15) is 0 Å². The summed E-state index contributed by atoms with van der Waals surface area (Å²) < 4.78 is 23.8. The van der Waals surface area contributed by atoms with Gasteiger partial charge in [-0.15, -0.1) is 0 Å². The molecule has 0 radical (unpaired) electrons. The molecule has 3 aromatic carbocycles. The van der Waals surface area contributed by atoms with E-state index in [0.29, 0.717) is 0 Å². The smallest absolute Gasteiger partial charge is 0.252 e. The summed E-state index contributed by atoms with van der Waals surface area (Å²) in [4.78, 5) is 12.8. The predicted octanol–water partition coefficient (Wildman–Crippen LogP) is 4.26. The first-order chi connectivity index (χ1) is 12.9. The Kier molecular flexibility index (Phi) is 5.63. The number of rotatable bonds is 5. The van der Waals surface area contributed by atoms with Crippen molar-refractivity contribution in [1.82, 2.24) is 5.32 Å². The quantitative estimate of drug-likeness (QED) is 0.697. The van der Waals surface area contributed by atoms with Crippen molar-refractivity contribution in [2.75, 3.05) is 6.26 Å². The van der Waals surface area contributed by atoms with Crippen LogP contribution < -0.4 is 5.32 Å². The predicted molar refractivity (Wildman–Crippen MR) is 107 cm³/mol. The van der Waals surface area contributed by atoms with Crippen LogP contribution in [0.1, 0.15) is 27.5 Å². The molecule has 0 heterocycles. The molecule has 0 unspecified atom stereocenters. The molecule has 1 N–H and O–H groups in total. The third-order valence-corrected chi connectivity index (χ3v) is 5.71. The lowest BCUT2D eigenvalue weighted by Gasteiger charge is -2.20. The van der Waals surface area contributed by atoms with E-state index in [1.54, 1.807) is 0 Å². The van der Waals surface area contributed by atoms with Crippen molar-refractivity contribution in [3.8, 4) is 0 Å². The minimum Gasteiger partial charge on any atom is -0.341 e. The Morgan fingerprint density at radius 3 is 1.89 bits per heavy atom. The average Bonchev–Trinajstić information content (AvgIpc) is 2.66. The second kappa shape index (κ2) is 7.94. The summed E-state index contributed by atoms with van der Waals surface area (Å²) in [6.45, 7) is 0. The van der Waals surface area contributed by atoms with Gasteiger partial charge in [0.05, 0.1) is 16.0 Å². The molecular formula is C21H18ClNO3S. The number of hydrogen-bond acceptors (Lipinski definition) is 3. The van der Waals surface area contributed by atoms with Gasteiger partial charge >= 0.3 is 0 Å². The fourth-order valence-corrected chi connectivity index (χ4v) is 4.09. The van der Waals surface area contributed by atoms with E-state index in [4.69, 9.17) is 11.6 Å². The van der Waals surface area contributed by atoms with Crippen LogP contribution in [0.2, 0.25) is 5.02 Å². The number of carbonyl (C=O) groups is 1. The van der Waals surface area contributed by atoms with Crippen molar-refractivity contribution >= 4 is 27.3 Å². The number of sulfone groups is 1. The van der Waals surface area contributed by atoms with Gasteiger partial charge in [-0.2, -0.15) is 0 Å². The Hall–Kier alpha value is -2.63. The molecule has 0 fully saturated rings. The van der Waals surface area contributed by atoms with E-state index >= 15 is 0 Å². The first-order valence-electron chi connectivity index (χ1n) is 8.26. The summed E-state index contributed by atoms with van der Waals surface area (Å²) in [7, 11) is -3.53. The summed E-state index contributed by atoms with van der Waals surface area (Å²) in [5, 5.41) is 3.08. The van der Waals surface area contributed by atoms with Gasteiger partial charge in [-0.05, 0) is 29.3 Å². The summed E-state index contributed by atoms with van der Waals surface area (Å²) in [6, 6.07) is 23.0. The fourth-order valence-electron chi connectivity index (χ4n) is 2.79. The molecule has 0 saturated carbocycles. The zero-order valence-electron chi connectivity index (χ0n) is 14.6. The fraction of sp³-hybridized carbons (Fsp3) is 0.0952. The van der Waals surface area contributed by atoms with Crippen LogP contribution in [-0.2, 0) is 9.84 Å². The zero-order valence-corrected chi connectivity index (χ0v) is 16.2. The lowest BCUT2D eigenvalue weighted by Crippen LogP contribution is -2.29. The number of hydrogen-bond donors (Lipinski definition) is 1. The SMILES string of the molecule is CS(=O)(=O)c1cc(C(=O)NC(c2ccccc2)c2ccccc2)ccc1Cl. The minimum atomic E-state index is -3.53. The van der Waals surface area contributed by atoms with E-state index in [1.807, 2.05) is 60.7 Å². The highest BCUT2D eigenvalue weighted by Gasteiger charge is 2.20. The number of nitrogens with one attached hydrogen (secondary N) is 1. The van der Waals surface area contributed by atoms with Crippen molar-refractivity contribution in [3.63, 3.8) is 0 Å². The molecule has 0 bridgehead atoms. The van der Waals surface area contributed by atoms with Gasteiger partial charge in [0, 0.05) is 11.8 Å². The maximum absolute atomic E-state index is 12.8. The van der Waals surface area contributed by atoms with Gasteiger partial charge in [0.25, 0.3) is 5.91 Å². The molecule has 3 aromatic rings. The molecule has 0 aliphatic heterocycles. The van der Waals surface area contributed by atoms with Crippen LogP contribution in [0, 0.1) is 0 Å². The lowest BCUT2D eigenvalue weighted by atomic mass is 9.98. The molecule has 0 aliphatic carbocycles. The Balaban J connectivity index is 1.97. The maximum Gasteiger partial charge on any atom is 0.252 e. The van der Waals surface area contributed by atoms with Gasteiger partial charge in [-0.3, -0.25) is 4.79 Å². The second-order valence-corrected chi connectivity index (χ2v) is 8.54. The summed E-state index contributed by atoms with van der Waals surface area (Å²) >= 11 is 5.97. The van der Waals surface area contributed by atoms with Crippen molar-refractivity contribution in [2.24, 2.45) is 0 Å². The van der Waals surface area contributed by atoms with Gasteiger partial charge in [-0.1, -0.05) is 72.3 Å². The number of amides is 1. The van der Waals surface area contributed by atoms with E-state index in [0.717, 1.165) is 17.4 Å². The van der Waals surface area contributed by atoms with E-state index in [-0.39, 0.29) is 27.4 Å². The molecule has 0 saturated heterocycles. The standard InChI is InChI=1S/C21H18ClNO3S/c1-27(25,26)19-14-17(12-13-18(19)22)21(24)23-20(15-8-4-2-5-9-15)16-10-6-3-7-11-16/h2-14,20H,1H3,(H,23,24). The summed E-state index contributed by atoms with van der Waals surface area (Å²) in [5.41, 5.74) is 2.08. The Bertz CT molecular complexity index is 1010. The van der Waals surface area contributed by atoms with Crippen molar-refractivity contribution in [2.45, 2.75) is 10.9 Å². The van der Waals surface area contributed by atoms with E-state index < -0.39 is 9.84 Å². The van der Waals surface area contributed by atoms with Gasteiger partial charge < -0.3 is 5.32 Å². The van der Waals surface area contributed by atoms with E-state index in [1.165, 1.54) is 18.2 Å². The molecule has 4 nitrogen and oxygen atoms in total. The zero-order chi connectivity index (χ0) is 19.4. The maximum atomic E-state index is 12.8. The highest BCUT2D eigenvalue weighted by molar-refractivity contribution is 7.90. The third kappa shape index (κ3) is 4.56. The molecule has 138 valence electrons. The third-order valence-electron chi connectivity index (χ3n) is 4.13. The molecule has 6 heteroatoms. The number of halogens is 1. The Morgan fingerprint density at radius 1 is 0.889 bits per heavy atom. The van der Waals surface area contributed by atoms with Crippen LogP contribution in [0.5, 0.6) is 0 Å². The lowest BCUT2D eigenvalue weighted by molar-refractivity contribution is 0.0942. The first-order valence-corrected chi connectivity index (χ1v) is 10.5. The van der Waals surface area contributed by atoms with E-state index in [9.17, 15) is 13.2 Å². The molecule has 0 aromatic heterocycles. The van der Waals surface area contributed by atoms with Crippen LogP contribution in [0.4, 0.5) is 0 Å². The molecule has 3 rings (SSSR count). The monoisotopic (exact) mass is 399 g/mol. The van der Waals surface area contributed by atoms with Crippen LogP contribution in [-0.4, -0.2) is 20.6 Å². The summed E-state index contributed by atoms with van der Waals surface area (Å²) in [5.74, 6) is -0.380. The van der Waals surface area contributed by atoms with Crippen molar-refractivity contribution in [3.05, 3.63) is 101 Å². The molecule has 27 heavy (non-hydrogen) atoms. The highest BCUT2D eigenvalue weighted by atomic mass is 35.5. The number of benzene rings is 3. The Morgan fingerprint density at radius 2 is 1.41 bits per heavy atom. The topological polar surface area (TPSA) is 63.2 Å². The van der Waals surface area contributed by atoms with Crippen LogP contribution >= 0.6 is 11.6 Å². The summed E-state index contributed by atoms with van der Waals surface area (Å²) in [6.07, 6.45) is 1.06. The van der Waals surface area contributed by atoms with Crippen LogP contribution in [0.3, 0.4) is 0 Å². The average molecular weight is 400 g/mol. The second-order valence-electron chi connectivity index (χ2n) is 6.15. The van der Waals surface area contributed by atoms with Gasteiger partial charge in [0.15, 0.2) is 9.84 Å². The molecule has 0 spiro atoms. The van der Waals surface area contributed by atoms with E-state index in [2.05, 4.69) is 5.32 Å². The van der Waals surface area contributed by atoms with Crippen molar-refractivity contribution < 1.29 is 13.2 Å². The molecule has 0 atom stereocenters. The molecular weight excluding hydrogens is 382 g/mol. The van der Waals surface area contributed by atoms with Crippen LogP contribution in [0.15, 0.2) is 83.8 Å². The molecule has 1 amide bonds. The normalized spacial score (nSPS) is 11.4. The molecule has 0 aliphatic rings. The minimum absolute atomic E-state index is 0.0622. The van der Waals surface area contributed by atoms with Gasteiger partial charge in [-0.25, -0.2) is 8.42 Å². The van der Waals surface area contributed by atoms with Gasteiger partial charge in [0.2, 0.25) is 0 Å².